The molecule has 0 saturated heterocycles. The predicted octanol–water partition coefficient (Wildman–Crippen LogP) is 15.5. The molecule has 0 N–H and O–H groups in total. The predicted molar refractivity (Wildman–Crippen MR) is 279 cm³/mol. The maximum absolute atomic E-state index is 9.54. The Labute approximate surface area is 441 Å². The van der Waals surface area contributed by atoms with E-state index in [4.69, 9.17) is 23.4 Å². The number of aromatic nitrogens is 4. The third-order valence-corrected chi connectivity index (χ3v) is 12.6. The van der Waals surface area contributed by atoms with Crippen molar-refractivity contribution in [3.05, 3.63) is 236 Å². The minimum atomic E-state index is -0.572. The van der Waals surface area contributed by atoms with Gasteiger partial charge in [0.05, 0.1) is 35.9 Å². The van der Waals surface area contributed by atoms with Crippen LogP contribution in [0.1, 0.15) is 45.5 Å². The van der Waals surface area contributed by atoms with Crippen molar-refractivity contribution in [1.82, 2.24) is 14.1 Å². The van der Waals surface area contributed by atoms with Gasteiger partial charge in [-0.1, -0.05) is 184 Å². The molecule has 0 unspecified atom stereocenters. The van der Waals surface area contributed by atoms with E-state index in [0.717, 1.165) is 16.3 Å². The maximum Gasteiger partial charge on any atom is 0.268 e. The third-order valence-electron chi connectivity index (χ3n) is 12.6. The smallest absolute Gasteiger partial charge is 0.268 e. The van der Waals surface area contributed by atoms with Gasteiger partial charge in [-0.05, 0) is 95.9 Å². The van der Waals surface area contributed by atoms with Gasteiger partial charge in [0.25, 0.3) is 6.33 Å². The van der Waals surface area contributed by atoms with Gasteiger partial charge in [0.2, 0.25) is 0 Å². The second-order valence-electron chi connectivity index (χ2n) is 17.7. The van der Waals surface area contributed by atoms with Crippen molar-refractivity contribution in [3.8, 4) is 84.3 Å². The van der Waals surface area contributed by atoms with Crippen LogP contribution in [0.15, 0.2) is 212 Å². The molecule has 6 heteroatoms. The number of fused-ring (bicyclic) bond motifs is 10. The van der Waals surface area contributed by atoms with Crippen LogP contribution in [0.5, 0.6) is 11.5 Å². The Hall–Kier alpha value is -8.11. The number of para-hydroxylation sites is 2. The van der Waals surface area contributed by atoms with Crippen molar-refractivity contribution in [2.75, 3.05) is 0 Å². The molecule has 13 rings (SSSR count). The van der Waals surface area contributed by atoms with E-state index in [9.17, 15) is 5.48 Å². The van der Waals surface area contributed by atoms with Crippen LogP contribution in [-0.4, -0.2) is 14.1 Å². The molecular weight excluding hydrogens is 1040 g/mol. The van der Waals surface area contributed by atoms with E-state index < -0.39 is 60.4 Å². The van der Waals surface area contributed by atoms with Crippen molar-refractivity contribution in [3.63, 3.8) is 0 Å². The van der Waals surface area contributed by atoms with Gasteiger partial charge in [-0.25, -0.2) is 4.98 Å². The van der Waals surface area contributed by atoms with Crippen LogP contribution in [0.25, 0.3) is 106 Å². The molecule has 0 fully saturated rings. The van der Waals surface area contributed by atoms with E-state index >= 15 is 0 Å². The fourth-order valence-corrected chi connectivity index (χ4v) is 9.46. The van der Waals surface area contributed by atoms with Crippen LogP contribution in [0, 0.1) is 18.5 Å². The molecule has 4 heterocycles. The number of benzene rings is 9. The van der Waals surface area contributed by atoms with E-state index in [1.54, 1.807) is 69.9 Å². The van der Waals surface area contributed by atoms with Crippen molar-refractivity contribution < 1.29 is 49.6 Å². The van der Waals surface area contributed by atoms with Gasteiger partial charge in [-0.15, -0.1) is 29.7 Å². The molecule has 0 atom stereocenters. The Bertz CT molecular complexity index is 4780. The van der Waals surface area contributed by atoms with Crippen molar-refractivity contribution >= 4 is 32.8 Å². The topological polar surface area (TPSA) is 35.9 Å². The summed E-state index contributed by atoms with van der Waals surface area (Å²) in [5.74, 6) is 1.15. The van der Waals surface area contributed by atoms with Crippen LogP contribution in [0.4, 0.5) is 0 Å². The van der Waals surface area contributed by atoms with Gasteiger partial charge in [0, 0.05) is 44.3 Å². The van der Waals surface area contributed by atoms with E-state index in [1.165, 1.54) is 0 Å². The Morgan fingerprint density at radius 3 is 1.97 bits per heavy atom. The molecule has 0 spiro atoms. The largest absolute Gasteiger partial charge is 0.510 e. The molecule has 338 valence electrons. The molecule has 1 aliphatic rings. The molecular formula is C64H44N4OPt-2. The maximum atomic E-state index is 9.54. The average Bonchev–Trinajstić information content (AvgIpc) is 1.56. The van der Waals surface area contributed by atoms with E-state index in [-0.39, 0.29) is 95.5 Å². The quantitative estimate of drug-likeness (QED) is 0.123. The summed E-state index contributed by atoms with van der Waals surface area (Å²) >= 11 is 0. The summed E-state index contributed by atoms with van der Waals surface area (Å²) in [7, 11) is 0. The van der Waals surface area contributed by atoms with Gasteiger partial charge < -0.3 is 13.9 Å². The number of rotatable bonds is 6. The molecule has 12 aromatic rings. The van der Waals surface area contributed by atoms with Gasteiger partial charge in [-0.2, -0.15) is 18.2 Å². The Morgan fingerprint density at radius 1 is 0.543 bits per heavy atom. The summed E-state index contributed by atoms with van der Waals surface area (Å²) in [5, 5.41) is 1.58. The van der Waals surface area contributed by atoms with Crippen LogP contribution in [0.3, 0.4) is 0 Å². The zero-order valence-electron chi connectivity index (χ0n) is 51.6. The minimum Gasteiger partial charge on any atom is -0.510 e. The number of ether oxygens (including phenoxy) is 1. The molecule has 0 aliphatic carbocycles. The molecule has 3 aromatic heterocycles. The molecule has 0 bridgehead atoms. The fourth-order valence-electron chi connectivity index (χ4n) is 9.46. The first kappa shape index (κ1) is 30.4. The normalized spacial score (nSPS) is 14.6. The number of hydrogen-bond acceptors (Lipinski definition) is 2. The third kappa shape index (κ3) is 7.20. The first-order valence-corrected chi connectivity index (χ1v) is 22.3. The van der Waals surface area contributed by atoms with Crippen LogP contribution < -0.4 is 9.30 Å². The summed E-state index contributed by atoms with van der Waals surface area (Å²) < 4.78 is 136. The molecule has 0 amide bonds. The van der Waals surface area contributed by atoms with E-state index in [2.05, 4.69) is 39.2 Å². The fraction of sp³-hybridized carbons (Fsp3) is 0.0625. The molecule has 5 nitrogen and oxygen atoms in total. The second-order valence-corrected chi connectivity index (χ2v) is 17.7. The summed E-state index contributed by atoms with van der Waals surface area (Å²) in [4.78, 5) is 4.84. The Kier molecular flexibility index (Phi) is 7.44. The van der Waals surface area contributed by atoms with Crippen LogP contribution in [0.2, 0.25) is 0 Å². The summed E-state index contributed by atoms with van der Waals surface area (Å²) in [6.07, 6.45) is 5.28. The van der Waals surface area contributed by atoms with Crippen molar-refractivity contribution in [1.29, 1.82) is 0 Å². The summed E-state index contributed by atoms with van der Waals surface area (Å²) in [6, 6.07) is 37.2. The summed E-state index contributed by atoms with van der Waals surface area (Å²) in [6.45, 7) is 6.31. The van der Waals surface area contributed by atoms with Crippen LogP contribution >= 0.6 is 0 Å². The molecule has 0 saturated carbocycles. The second kappa shape index (κ2) is 17.1. The standard InChI is InChI=1S/C64H44N4O.Pt/c1-64(2,3)45-35-36-65-61(38-45)68-59-37-44(42-17-6-4-7-18-42)31-33-54(59)55-34-32-48(40-60(55)68)69-47-22-14-21-46(39-47)66-41-67-62-49(43-19-8-5-9-20-43)27-15-28-56(62)52-25-12-10-23-50(52)51-24-11-13-26-53(51)57-29-16-30-58(66)63(57)67;/h4-38H,1-3H3;/q-2;/i4D,5D,6D,7D,8D,9D,10D,12D,17D,18D,19D,20D,23D,25D;. The van der Waals surface area contributed by atoms with E-state index in [1.807, 2.05) is 71.3 Å². The number of pyridine rings is 1. The molecule has 1 aliphatic heterocycles. The van der Waals surface area contributed by atoms with Crippen molar-refractivity contribution in [2.45, 2.75) is 26.2 Å². The van der Waals surface area contributed by atoms with Gasteiger partial charge in [-0.3, -0.25) is 4.57 Å². The first-order valence-electron chi connectivity index (χ1n) is 29.3. The zero-order chi connectivity index (χ0) is 58.4. The average molecular weight is 1090 g/mol. The molecule has 70 heavy (non-hydrogen) atoms. The zero-order valence-corrected chi connectivity index (χ0v) is 39.9. The van der Waals surface area contributed by atoms with Crippen LogP contribution in [-0.2, 0) is 26.5 Å². The SMILES string of the molecule is [2H]c1c([2H])c([2H])c(-c2ccc3c4ccc(Oc5[c-]c(-n6[c-][n+]7c8c(cccc86)-c6ccccc6-c6c([2H])c([2H])c([2H])c([2H])c6-c6cccc(-c8c([2H])c([2H])c([2H])c([2H])c8[2H])c6-7)ccc5)[c-]c4n(-c4cc(C(C)(C)C)ccn4)c3c2)c([2H])c1[2H].[Pt]. The first-order chi connectivity index (χ1) is 39.7. The van der Waals surface area contributed by atoms with Gasteiger partial charge in [0.15, 0.2) is 0 Å². The minimum absolute atomic E-state index is 0. The Balaban J connectivity index is 0.00000694. The number of nitrogens with zero attached hydrogens (tertiary/aromatic N) is 4. The van der Waals surface area contributed by atoms with Crippen molar-refractivity contribution in [2.24, 2.45) is 0 Å². The molecule has 0 radical (unpaired) electrons. The Morgan fingerprint density at radius 2 is 1.19 bits per heavy atom. The monoisotopic (exact) mass is 1090 g/mol. The number of imidazole rings is 1. The summed E-state index contributed by atoms with van der Waals surface area (Å²) in [5.41, 5.74) is 6.84. The molecule has 9 aromatic carbocycles. The van der Waals surface area contributed by atoms with Gasteiger partial charge in [0.1, 0.15) is 5.82 Å². The number of hydrogen-bond donors (Lipinski definition) is 0. The van der Waals surface area contributed by atoms with Gasteiger partial charge >= 0.3 is 0 Å². The van der Waals surface area contributed by atoms with E-state index in [0.29, 0.717) is 61.6 Å².